The molecule has 19 heavy (non-hydrogen) atoms. The zero-order chi connectivity index (χ0) is 13.4. The van der Waals surface area contributed by atoms with E-state index in [9.17, 15) is 9.90 Å². The smallest absolute Gasteiger partial charge is 0.349 e. The lowest BCUT2D eigenvalue weighted by Crippen LogP contribution is -2.13. The van der Waals surface area contributed by atoms with E-state index in [4.69, 9.17) is 0 Å². The van der Waals surface area contributed by atoms with Crippen LogP contribution in [-0.2, 0) is 0 Å². The highest BCUT2D eigenvalue weighted by atomic mass is 32.2. The van der Waals surface area contributed by atoms with Crippen molar-refractivity contribution >= 4 is 17.4 Å². The monoisotopic (exact) mass is 274 g/mol. The number of aryl methyl sites for hydroxylation is 1. The Balaban J connectivity index is 2.04. The summed E-state index contributed by atoms with van der Waals surface area (Å²) in [6, 6.07) is 8.63. The highest BCUT2D eigenvalue weighted by molar-refractivity contribution is 7.99. The number of aromatic nitrogens is 4. The van der Waals surface area contributed by atoms with Gasteiger partial charge in [-0.15, -0.1) is 0 Å². The van der Waals surface area contributed by atoms with Crippen LogP contribution in [0.1, 0.15) is 5.82 Å². The second kappa shape index (κ2) is 4.43. The third kappa shape index (κ3) is 2.19. The molecule has 0 unspecified atom stereocenters. The minimum absolute atomic E-state index is 0.207. The number of aromatic hydroxyl groups is 1. The fraction of sp³-hybridized carbons (Fsp3) is 0.0833. The predicted molar refractivity (Wildman–Crippen MR) is 70.6 cm³/mol. The fourth-order valence-corrected chi connectivity index (χ4v) is 2.70. The van der Waals surface area contributed by atoms with Gasteiger partial charge in [0.25, 0.3) is 0 Å². The zero-order valence-corrected chi connectivity index (χ0v) is 10.8. The quantitative estimate of drug-likeness (QED) is 0.693. The van der Waals surface area contributed by atoms with Crippen LogP contribution in [0.15, 0.2) is 45.0 Å². The average Bonchev–Trinajstić information content (AvgIpc) is 2.71. The van der Waals surface area contributed by atoms with Crippen LogP contribution < -0.4 is 5.69 Å². The Morgan fingerprint density at radius 2 is 2.21 bits per heavy atom. The van der Waals surface area contributed by atoms with Crippen molar-refractivity contribution in [2.24, 2.45) is 0 Å². The van der Waals surface area contributed by atoms with Crippen molar-refractivity contribution in [2.45, 2.75) is 16.8 Å². The van der Waals surface area contributed by atoms with Gasteiger partial charge in [0.15, 0.2) is 5.65 Å². The van der Waals surface area contributed by atoms with Crippen molar-refractivity contribution in [1.82, 2.24) is 19.6 Å². The Kier molecular flexibility index (Phi) is 2.75. The third-order valence-corrected chi connectivity index (χ3v) is 3.49. The molecule has 2 N–H and O–H groups in total. The van der Waals surface area contributed by atoms with Crippen molar-refractivity contribution < 1.29 is 5.11 Å². The number of H-pyrrole nitrogens is 1. The highest BCUT2D eigenvalue weighted by Crippen LogP contribution is 2.28. The number of phenols is 1. The van der Waals surface area contributed by atoms with Gasteiger partial charge >= 0.3 is 5.69 Å². The molecule has 1 aromatic carbocycles. The fourth-order valence-electron chi connectivity index (χ4n) is 1.79. The molecule has 0 aliphatic heterocycles. The van der Waals surface area contributed by atoms with E-state index in [2.05, 4.69) is 15.2 Å². The molecule has 2 aromatic heterocycles. The minimum atomic E-state index is -0.297. The summed E-state index contributed by atoms with van der Waals surface area (Å²) in [4.78, 5) is 16.7. The molecule has 3 aromatic rings. The molecular weight excluding hydrogens is 264 g/mol. The Labute approximate surface area is 112 Å². The van der Waals surface area contributed by atoms with Gasteiger partial charge in [0.05, 0.1) is 0 Å². The SMILES string of the molecule is Cc1nc(Sc2cccc(O)c2)cc2n[nH]c(=O)n12. The Hall–Kier alpha value is -2.28. The molecule has 6 nitrogen and oxygen atoms in total. The van der Waals surface area contributed by atoms with Crippen molar-refractivity contribution in [1.29, 1.82) is 0 Å². The molecule has 0 fully saturated rings. The molecule has 0 aliphatic carbocycles. The molecule has 0 spiro atoms. The summed E-state index contributed by atoms with van der Waals surface area (Å²) >= 11 is 1.40. The number of fused-ring (bicyclic) bond motifs is 1. The van der Waals surface area contributed by atoms with Crippen LogP contribution in [0, 0.1) is 6.92 Å². The van der Waals surface area contributed by atoms with Crippen molar-refractivity contribution in [2.75, 3.05) is 0 Å². The summed E-state index contributed by atoms with van der Waals surface area (Å²) in [5.41, 5.74) is 0.231. The lowest BCUT2D eigenvalue weighted by atomic mass is 10.3. The van der Waals surface area contributed by atoms with Gasteiger partial charge in [-0.25, -0.2) is 19.3 Å². The summed E-state index contributed by atoms with van der Waals surface area (Å²) in [6.45, 7) is 1.75. The molecule has 0 amide bonds. The van der Waals surface area contributed by atoms with E-state index in [1.165, 1.54) is 16.2 Å². The van der Waals surface area contributed by atoms with Crippen molar-refractivity contribution in [3.63, 3.8) is 0 Å². The van der Waals surface area contributed by atoms with Crippen molar-refractivity contribution in [3.8, 4) is 5.75 Å². The Morgan fingerprint density at radius 3 is 3.00 bits per heavy atom. The van der Waals surface area contributed by atoms with E-state index in [1.54, 1.807) is 31.2 Å². The molecule has 96 valence electrons. The maximum atomic E-state index is 11.5. The first-order valence-electron chi connectivity index (χ1n) is 5.55. The minimum Gasteiger partial charge on any atom is -0.508 e. The normalized spacial score (nSPS) is 11.0. The number of nitrogens with zero attached hydrogens (tertiary/aromatic N) is 3. The number of aromatic amines is 1. The van der Waals surface area contributed by atoms with E-state index < -0.39 is 0 Å². The molecule has 0 bridgehead atoms. The number of rotatable bonds is 2. The van der Waals surface area contributed by atoms with E-state index in [-0.39, 0.29) is 11.4 Å². The van der Waals surface area contributed by atoms with E-state index in [0.29, 0.717) is 11.5 Å². The average molecular weight is 274 g/mol. The van der Waals surface area contributed by atoms with E-state index >= 15 is 0 Å². The second-order valence-electron chi connectivity index (χ2n) is 3.96. The highest BCUT2D eigenvalue weighted by Gasteiger charge is 2.08. The first kappa shape index (κ1) is 11.8. The van der Waals surface area contributed by atoms with Crippen LogP contribution >= 0.6 is 11.8 Å². The van der Waals surface area contributed by atoms with Gasteiger partial charge < -0.3 is 5.11 Å². The van der Waals surface area contributed by atoms with Crippen molar-refractivity contribution in [3.05, 3.63) is 46.6 Å². The number of phenolic OH excluding ortho intramolecular Hbond substituents is 1. The molecule has 2 heterocycles. The van der Waals surface area contributed by atoms with Gasteiger partial charge in [0.2, 0.25) is 0 Å². The van der Waals surface area contributed by atoms with E-state index in [0.717, 1.165) is 9.92 Å². The summed E-state index contributed by atoms with van der Waals surface area (Å²) in [5, 5.41) is 16.4. The second-order valence-corrected chi connectivity index (χ2v) is 5.06. The summed E-state index contributed by atoms with van der Waals surface area (Å²) in [6.07, 6.45) is 0. The maximum Gasteiger partial charge on any atom is 0.349 e. The van der Waals surface area contributed by atoms with Crippen LogP contribution in [0.2, 0.25) is 0 Å². The zero-order valence-electron chi connectivity index (χ0n) is 9.99. The molecule has 7 heteroatoms. The van der Waals surface area contributed by atoms with Gasteiger partial charge in [0.1, 0.15) is 16.6 Å². The first-order valence-corrected chi connectivity index (χ1v) is 6.37. The van der Waals surface area contributed by atoms with Crippen LogP contribution in [0.25, 0.3) is 5.65 Å². The predicted octanol–water partition coefficient (Wildman–Crippen LogP) is 1.58. The standard InChI is InChI=1S/C12H10N4O2S/c1-7-13-11(6-10-14-15-12(18)16(7)10)19-9-4-2-3-8(17)5-9/h2-6,17H,1H3,(H,15,18). The van der Waals surface area contributed by atoms with E-state index in [1.807, 2.05) is 6.07 Å². The first-order chi connectivity index (χ1) is 9.13. The lowest BCUT2D eigenvalue weighted by Gasteiger charge is -2.03. The molecule has 0 saturated carbocycles. The largest absolute Gasteiger partial charge is 0.508 e. The van der Waals surface area contributed by atoms with Crippen LogP contribution in [-0.4, -0.2) is 24.7 Å². The number of hydrogen-bond acceptors (Lipinski definition) is 5. The van der Waals surface area contributed by atoms with Crippen LogP contribution in [0.3, 0.4) is 0 Å². The molecular formula is C12H10N4O2S. The number of nitrogens with one attached hydrogen (secondary N) is 1. The van der Waals surface area contributed by atoms with Crippen LogP contribution in [0.5, 0.6) is 5.75 Å². The van der Waals surface area contributed by atoms with Gasteiger partial charge in [-0.1, -0.05) is 17.8 Å². The summed E-state index contributed by atoms with van der Waals surface area (Å²) in [7, 11) is 0. The topological polar surface area (TPSA) is 83.3 Å². The number of benzene rings is 1. The molecule has 0 aliphatic rings. The van der Waals surface area contributed by atoms with Gasteiger partial charge in [-0.3, -0.25) is 0 Å². The molecule has 0 atom stereocenters. The lowest BCUT2D eigenvalue weighted by molar-refractivity contribution is 0.474. The Morgan fingerprint density at radius 1 is 1.37 bits per heavy atom. The van der Waals surface area contributed by atoms with Gasteiger partial charge in [-0.05, 0) is 25.1 Å². The Bertz CT molecular complexity index is 809. The van der Waals surface area contributed by atoms with Gasteiger partial charge in [-0.2, -0.15) is 5.10 Å². The molecule has 3 rings (SSSR count). The summed E-state index contributed by atoms with van der Waals surface area (Å²) < 4.78 is 1.41. The maximum absolute atomic E-state index is 11.5. The molecule has 0 radical (unpaired) electrons. The summed E-state index contributed by atoms with van der Waals surface area (Å²) in [5.74, 6) is 0.776. The number of hydrogen-bond donors (Lipinski definition) is 2. The van der Waals surface area contributed by atoms with Gasteiger partial charge in [0, 0.05) is 11.0 Å². The third-order valence-electron chi connectivity index (χ3n) is 2.59. The van der Waals surface area contributed by atoms with Crippen LogP contribution in [0.4, 0.5) is 0 Å². The molecule has 0 saturated heterocycles.